The summed E-state index contributed by atoms with van der Waals surface area (Å²) in [6.45, 7) is 1.33. The molecule has 0 radical (unpaired) electrons. The van der Waals surface area contributed by atoms with Crippen LogP contribution in [-0.2, 0) is 30.1 Å². The van der Waals surface area contributed by atoms with Crippen LogP contribution in [0.4, 0.5) is 11.4 Å². The first-order valence-corrected chi connectivity index (χ1v) is 15.3. The Balaban J connectivity index is 1.48. The second kappa shape index (κ2) is 11.8. The topological polar surface area (TPSA) is 112 Å². The first-order valence-electron chi connectivity index (χ1n) is 14.6. The zero-order valence-corrected chi connectivity index (χ0v) is 27.5. The lowest BCUT2D eigenvalue weighted by Crippen LogP contribution is -2.33. The normalized spacial score (nSPS) is 13.8. The number of carbonyl (C=O) groups excluding carboxylic acids is 2. The molecular weight excluding hydrogens is 629 g/mol. The quantitative estimate of drug-likeness (QED) is 0.210. The van der Waals surface area contributed by atoms with E-state index in [0.717, 1.165) is 16.9 Å². The second-order valence-corrected chi connectivity index (χ2v) is 12.6. The fraction of sp³-hybridized carbons (Fsp3) is 0.257. The van der Waals surface area contributed by atoms with Gasteiger partial charge in [-0.15, -0.1) is 0 Å². The average molecular weight is 663 g/mol. The number of aryl methyl sites for hydroxylation is 1. The number of nitrogens with one attached hydrogen (secondary N) is 1. The molecule has 4 aromatic rings. The monoisotopic (exact) mass is 661 g/mol. The van der Waals surface area contributed by atoms with Crippen molar-refractivity contribution in [3.63, 3.8) is 0 Å². The van der Waals surface area contributed by atoms with Crippen LogP contribution in [0.2, 0.25) is 10.0 Å². The molecule has 0 bridgehead atoms. The summed E-state index contributed by atoms with van der Waals surface area (Å²) in [6.07, 6.45) is 0. The number of nitrogens with zero attached hydrogens (tertiary/aromatic N) is 2. The van der Waals surface area contributed by atoms with Crippen LogP contribution in [0, 0.1) is 6.92 Å². The van der Waals surface area contributed by atoms with Crippen molar-refractivity contribution in [3.05, 3.63) is 115 Å². The Bertz CT molecular complexity index is 1840. The van der Waals surface area contributed by atoms with Crippen LogP contribution in [0.1, 0.15) is 59.7 Å². The number of amides is 1. The molecule has 0 saturated heterocycles. The standard InChI is InChI=1S/C35H33Cl2N3O6/c1-18-10-19(16-41)24(20(11-18)17-42)15-38-33(43)23-14-27(36)31-30(32(23)37)34(44)46-35(31)25-8-6-21(39(2)3)12-28(25)45-29-13-22(40(4)5)7-9-26(29)35/h6-14,41-42H,15-17H2,1-5H3,(H,38,43). The Kier molecular flexibility index (Phi) is 8.14. The number of rotatable bonds is 7. The first kappa shape index (κ1) is 31.7. The van der Waals surface area contributed by atoms with Gasteiger partial charge in [0.05, 0.1) is 34.4 Å². The van der Waals surface area contributed by atoms with Gasteiger partial charge < -0.3 is 34.8 Å². The van der Waals surface area contributed by atoms with Crippen LogP contribution < -0.4 is 19.9 Å². The Hall–Kier alpha value is -4.28. The van der Waals surface area contributed by atoms with E-state index in [1.54, 1.807) is 12.1 Å². The van der Waals surface area contributed by atoms with Crippen LogP contribution >= 0.6 is 23.2 Å². The summed E-state index contributed by atoms with van der Waals surface area (Å²) in [6, 6.07) is 16.3. The third-order valence-electron chi connectivity index (χ3n) is 8.55. The Labute approximate surface area is 276 Å². The molecule has 2 aliphatic rings. The molecule has 3 N–H and O–H groups in total. The molecule has 0 saturated carbocycles. The van der Waals surface area contributed by atoms with Crippen LogP contribution in [0.3, 0.4) is 0 Å². The van der Waals surface area contributed by atoms with Gasteiger partial charge in [0.25, 0.3) is 5.91 Å². The minimum atomic E-state index is -1.49. The van der Waals surface area contributed by atoms with Crippen molar-refractivity contribution in [3.8, 4) is 11.5 Å². The van der Waals surface area contributed by atoms with Gasteiger partial charge in [-0.3, -0.25) is 4.79 Å². The Morgan fingerprint density at radius 2 is 1.41 bits per heavy atom. The molecule has 6 rings (SSSR count). The molecular formula is C35H33Cl2N3O6. The highest BCUT2D eigenvalue weighted by Crippen LogP contribution is 2.59. The zero-order valence-electron chi connectivity index (χ0n) is 26.0. The van der Waals surface area contributed by atoms with Crippen LogP contribution in [0.15, 0.2) is 54.6 Å². The maximum atomic E-state index is 13.8. The lowest BCUT2D eigenvalue weighted by molar-refractivity contribution is 0.0225. The average Bonchev–Trinajstić information content (AvgIpc) is 3.34. The number of esters is 1. The van der Waals surface area contributed by atoms with Gasteiger partial charge in [0.1, 0.15) is 11.5 Å². The van der Waals surface area contributed by atoms with Crippen molar-refractivity contribution in [2.75, 3.05) is 38.0 Å². The molecule has 0 unspecified atom stereocenters. The molecule has 0 fully saturated rings. The molecule has 46 heavy (non-hydrogen) atoms. The molecule has 1 amide bonds. The van der Waals surface area contributed by atoms with Crippen LogP contribution in [0.5, 0.6) is 11.5 Å². The maximum absolute atomic E-state index is 13.8. The minimum absolute atomic E-state index is 0.00478. The van der Waals surface area contributed by atoms with Crippen molar-refractivity contribution in [1.82, 2.24) is 5.32 Å². The summed E-state index contributed by atoms with van der Waals surface area (Å²) in [7, 11) is 7.67. The molecule has 4 aromatic carbocycles. The molecule has 0 aromatic heterocycles. The van der Waals surface area contributed by atoms with Crippen molar-refractivity contribution >= 4 is 46.5 Å². The number of anilines is 2. The minimum Gasteiger partial charge on any atom is -0.456 e. The lowest BCUT2D eigenvalue weighted by atomic mass is 9.77. The van der Waals surface area contributed by atoms with E-state index >= 15 is 0 Å². The molecule has 9 nitrogen and oxygen atoms in total. The van der Waals surface area contributed by atoms with Gasteiger partial charge in [-0.2, -0.15) is 0 Å². The van der Waals surface area contributed by atoms with Crippen LogP contribution in [-0.4, -0.2) is 50.3 Å². The molecule has 0 atom stereocenters. The summed E-state index contributed by atoms with van der Waals surface area (Å²) in [4.78, 5) is 31.3. The summed E-state index contributed by atoms with van der Waals surface area (Å²) in [5.74, 6) is -0.341. The number of benzene rings is 4. The van der Waals surface area contributed by atoms with Crippen molar-refractivity contribution in [2.24, 2.45) is 0 Å². The van der Waals surface area contributed by atoms with Crippen molar-refractivity contribution < 1.29 is 29.3 Å². The van der Waals surface area contributed by atoms with E-state index in [9.17, 15) is 19.8 Å². The summed E-state index contributed by atoms with van der Waals surface area (Å²) >= 11 is 13.9. The van der Waals surface area contributed by atoms with E-state index in [1.807, 2.05) is 81.3 Å². The number of fused-ring (bicyclic) bond motifs is 6. The van der Waals surface area contributed by atoms with E-state index < -0.39 is 17.5 Å². The summed E-state index contributed by atoms with van der Waals surface area (Å²) in [5, 5.41) is 22.6. The number of hydrogen-bond acceptors (Lipinski definition) is 8. The third kappa shape index (κ3) is 4.95. The highest BCUT2D eigenvalue weighted by molar-refractivity contribution is 6.39. The molecule has 2 heterocycles. The number of halogens is 2. The highest BCUT2D eigenvalue weighted by atomic mass is 35.5. The number of ether oxygens (including phenoxy) is 2. The summed E-state index contributed by atoms with van der Waals surface area (Å²) < 4.78 is 12.7. The third-order valence-corrected chi connectivity index (χ3v) is 9.24. The number of carbonyl (C=O) groups is 2. The number of aliphatic hydroxyl groups is 2. The molecule has 1 spiro atoms. The SMILES string of the molecule is Cc1cc(CO)c(CNC(=O)c2cc(Cl)c3c(c2Cl)C(=O)OC32c3ccc(N(C)C)cc3Oc3cc(N(C)C)ccc32)c(CO)c1. The number of aliphatic hydroxyl groups excluding tert-OH is 2. The van der Waals surface area contributed by atoms with Gasteiger partial charge in [-0.05, 0) is 53.9 Å². The van der Waals surface area contributed by atoms with E-state index in [-0.39, 0.29) is 40.9 Å². The van der Waals surface area contributed by atoms with Gasteiger partial charge in [0.2, 0.25) is 0 Å². The molecule has 238 valence electrons. The Morgan fingerprint density at radius 3 is 1.91 bits per heavy atom. The Morgan fingerprint density at radius 1 is 0.870 bits per heavy atom. The maximum Gasteiger partial charge on any atom is 0.341 e. The first-order chi connectivity index (χ1) is 21.9. The van der Waals surface area contributed by atoms with E-state index in [2.05, 4.69) is 5.32 Å². The van der Waals surface area contributed by atoms with Gasteiger partial charge in [-0.1, -0.05) is 40.9 Å². The molecule has 11 heteroatoms. The highest BCUT2D eigenvalue weighted by Gasteiger charge is 2.56. The fourth-order valence-electron chi connectivity index (χ4n) is 6.28. The second-order valence-electron chi connectivity index (χ2n) is 11.9. The van der Waals surface area contributed by atoms with Crippen molar-refractivity contribution in [2.45, 2.75) is 32.3 Å². The largest absolute Gasteiger partial charge is 0.456 e. The fourth-order valence-corrected chi connectivity index (χ4v) is 6.93. The number of hydrogen-bond donors (Lipinski definition) is 3. The van der Waals surface area contributed by atoms with Gasteiger partial charge >= 0.3 is 5.97 Å². The molecule has 2 aliphatic heterocycles. The predicted octanol–water partition coefficient (Wildman–Crippen LogP) is 5.92. The van der Waals surface area contributed by atoms with Crippen molar-refractivity contribution in [1.29, 1.82) is 0 Å². The smallest absolute Gasteiger partial charge is 0.341 e. The lowest BCUT2D eigenvalue weighted by Gasteiger charge is -2.37. The predicted molar refractivity (Wildman–Crippen MR) is 178 cm³/mol. The molecule has 0 aliphatic carbocycles. The van der Waals surface area contributed by atoms with E-state index in [0.29, 0.717) is 44.9 Å². The van der Waals surface area contributed by atoms with E-state index in [1.165, 1.54) is 6.07 Å². The zero-order chi connectivity index (χ0) is 33.1. The van der Waals surface area contributed by atoms with E-state index in [4.69, 9.17) is 32.7 Å². The van der Waals surface area contributed by atoms with Gasteiger partial charge in [0, 0.05) is 74.9 Å². The summed E-state index contributed by atoms with van der Waals surface area (Å²) in [5.41, 5.74) is 4.34. The van der Waals surface area contributed by atoms with Gasteiger partial charge in [0.15, 0.2) is 5.60 Å². The van der Waals surface area contributed by atoms with Crippen LogP contribution in [0.25, 0.3) is 0 Å². The van der Waals surface area contributed by atoms with Gasteiger partial charge in [-0.25, -0.2) is 4.79 Å².